The summed E-state index contributed by atoms with van der Waals surface area (Å²) in [4.78, 5) is 34.2. The first-order chi connectivity index (χ1) is 12.8. The third-order valence-corrected chi connectivity index (χ3v) is 3.40. The van der Waals surface area contributed by atoms with Crippen LogP contribution in [0.1, 0.15) is 28.5 Å². The van der Waals surface area contributed by atoms with Gasteiger partial charge in [-0.15, -0.1) is 0 Å². The van der Waals surface area contributed by atoms with Gasteiger partial charge in [-0.05, 0) is 12.1 Å². The number of para-hydroxylation sites is 1. The maximum atomic E-state index is 11.5. The Hall–Kier alpha value is -2.61. The van der Waals surface area contributed by atoms with Crippen LogP contribution in [0.5, 0.6) is 5.75 Å². The van der Waals surface area contributed by atoms with Crippen LogP contribution < -0.4 is 4.74 Å². The van der Waals surface area contributed by atoms with Crippen molar-refractivity contribution in [2.45, 2.75) is 51.8 Å². The van der Waals surface area contributed by atoms with Crippen LogP contribution in [0, 0.1) is 0 Å². The molecule has 1 aliphatic heterocycles. The third kappa shape index (κ3) is 6.03. The van der Waals surface area contributed by atoms with E-state index in [1.807, 2.05) is 0 Å². The van der Waals surface area contributed by atoms with Gasteiger partial charge in [0.1, 0.15) is 24.6 Å². The lowest BCUT2D eigenvalue weighted by Crippen LogP contribution is -2.54. The Kier molecular flexibility index (Phi) is 6.43. The van der Waals surface area contributed by atoms with E-state index in [1.54, 1.807) is 30.3 Å². The van der Waals surface area contributed by atoms with Crippen molar-refractivity contribution in [1.82, 2.24) is 0 Å². The Morgan fingerprint density at radius 1 is 1.08 bits per heavy atom. The molecule has 0 bridgehead atoms. The Balaban J connectivity index is 2.27. The molecule has 142 valence electrons. The lowest BCUT2D eigenvalue weighted by molar-refractivity contribution is -0.245. The molecule has 1 fully saturated rings. The molecule has 8 heteroatoms. The van der Waals surface area contributed by atoms with E-state index in [0.717, 1.165) is 0 Å². The molecule has 0 N–H and O–H groups in total. The predicted molar refractivity (Wildman–Crippen MR) is 88.1 cm³/mol. The highest BCUT2D eigenvalue weighted by molar-refractivity contribution is 5.67. The molecule has 0 unspecified atom stereocenters. The standard InChI is InChI=1S/C18H22O8/c1-11(19)22-10-16-18(24-13(3)21)15(23-12(2)20)9-17(26-16)25-14-7-5-4-6-8-14/h4-8,15-18H,9-10H2,1-3H3/t15-,16-,17+,18-/m1/s1/i9D/t9-,15-,16-,17+,18-. The van der Waals surface area contributed by atoms with Gasteiger partial charge < -0.3 is 23.7 Å². The van der Waals surface area contributed by atoms with Gasteiger partial charge in [-0.2, -0.15) is 0 Å². The topological polar surface area (TPSA) is 97.4 Å². The van der Waals surface area contributed by atoms with E-state index in [0.29, 0.717) is 5.75 Å². The molecule has 8 nitrogen and oxygen atoms in total. The van der Waals surface area contributed by atoms with Crippen molar-refractivity contribution in [3.8, 4) is 5.75 Å². The second-order valence-corrected chi connectivity index (χ2v) is 5.62. The van der Waals surface area contributed by atoms with Crippen molar-refractivity contribution >= 4 is 17.9 Å². The third-order valence-electron chi connectivity index (χ3n) is 3.40. The number of esters is 3. The smallest absolute Gasteiger partial charge is 0.303 e. The van der Waals surface area contributed by atoms with Crippen LogP contribution in [0.4, 0.5) is 0 Å². The van der Waals surface area contributed by atoms with Gasteiger partial charge in [-0.1, -0.05) is 18.2 Å². The van der Waals surface area contributed by atoms with Crippen LogP contribution in [-0.2, 0) is 33.3 Å². The summed E-state index contributed by atoms with van der Waals surface area (Å²) in [6, 6.07) is 8.65. The number of ether oxygens (including phenoxy) is 5. The molecule has 26 heavy (non-hydrogen) atoms. The summed E-state index contributed by atoms with van der Waals surface area (Å²) >= 11 is 0. The SMILES string of the molecule is [2H][C@H]1[C@@H](Oc2ccccc2)O[C@H](COC(C)=O)[C@H](OC(C)=O)[C@@H]1OC(C)=O. The fraction of sp³-hybridized carbons (Fsp3) is 0.500. The number of rotatable bonds is 6. The van der Waals surface area contributed by atoms with Gasteiger partial charge in [0, 0.05) is 22.1 Å². The first kappa shape index (κ1) is 18.2. The summed E-state index contributed by atoms with van der Waals surface area (Å²) in [5, 5.41) is 0. The Labute approximate surface area is 152 Å². The molecule has 1 heterocycles. The van der Waals surface area contributed by atoms with Crippen LogP contribution in [0.25, 0.3) is 0 Å². The zero-order valence-electron chi connectivity index (χ0n) is 15.7. The van der Waals surface area contributed by atoms with E-state index in [4.69, 9.17) is 25.1 Å². The van der Waals surface area contributed by atoms with E-state index in [2.05, 4.69) is 0 Å². The normalized spacial score (nSPS) is 28.4. The second-order valence-electron chi connectivity index (χ2n) is 5.62. The molecule has 1 saturated heterocycles. The minimum atomic E-state index is -1.20. The maximum Gasteiger partial charge on any atom is 0.303 e. The lowest BCUT2D eigenvalue weighted by Gasteiger charge is -2.39. The Morgan fingerprint density at radius 3 is 2.31 bits per heavy atom. The van der Waals surface area contributed by atoms with Crippen LogP contribution in [0.15, 0.2) is 30.3 Å². The van der Waals surface area contributed by atoms with Crippen LogP contribution >= 0.6 is 0 Å². The molecule has 0 amide bonds. The summed E-state index contributed by atoms with van der Waals surface area (Å²) in [5.74, 6) is -1.42. The van der Waals surface area contributed by atoms with Gasteiger partial charge in [-0.3, -0.25) is 14.4 Å². The highest BCUT2D eigenvalue weighted by Crippen LogP contribution is 2.28. The Bertz CT molecular complexity index is 665. The monoisotopic (exact) mass is 367 g/mol. The molecule has 1 aromatic carbocycles. The largest absolute Gasteiger partial charge is 0.465 e. The summed E-state index contributed by atoms with van der Waals surface area (Å²) < 4.78 is 35.2. The number of hydrogen-bond acceptors (Lipinski definition) is 8. The molecule has 1 aromatic rings. The second kappa shape index (κ2) is 9.19. The van der Waals surface area contributed by atoms with E-state index in [-0.39, 0.29) is 6.61 Å². The van der Waals surface area contributed by atoms with Crippen molar-refractivity contribution in [3.05, 3.63) is 30.3 Å². The number of carbonyl (C=O) groups excluding carboxylic acids is 3. The van der Waals surface area contributed by atoms with Gasteiger partial charge in [0.2, 0.25) is 6.29 Å². The first-order valence-electron chi connectivity index (χ1n) is 8.63. The fourth-order valence-electron chi connectivity index (χ4n) is 2.44. The summed E-state index contributed by atoms with van der Waals surface area (Å²) in [6.07, 6.45) is -5.59. The molecular formula is C18H22O8. The molecule has 0 saturated carbocycles. The van der Waals surface area contributed by atoms with Crippen LogP contribution in [0.2, 0.25) is 0 Å². The predicted octanol–water partition coefficient (Wildman–Crippen LogP) is 1.61. The zero-order chi connectivity index (χ0) is 20.0. The van der Waals surface area contributed by atoms with E-state index in [1.165, 1.54) is 20.8 Å². The van der Waals surface area contributed by atoms with Crippen LogP contribution in [0.3, 0.4) is 0 Å². The van der Waals surface area contributed by atoms with Crippen molar-refractivity contribution in [1.29, 1.82) is 0 Å². The quantitative estimate of drug-likeness (QED) is 0.552. The summed E-state index contributed by atoms with van der Waals surface area (Å²) in [6.45, 7) is 3.32. The molecule has 0 aromatic heterocycles. The van der Waals surface area contributed by atoms with Gasteiger partial charge in [0.05, 0.1) is 6.40 Å². The number of carbonyl (C=O) groups is 3. The minimum absolute atomic E-state index is 0.258. The molecule has 2 rings (SSSR count). The van der Waals surface area contributed by atoms with Gasteiger partial charge in [0.15, 0.2) is 6.10 Å². The zero-order valence-corrected chi connectivity index (χ0v) is 14.7. The Morgan fingerprint density at radius 2 is 1.73 bits per heavy atom. The van der Waals surface area contributed by atoms with Gasteiger partial charge >= 0.3 is 17.9 Å². The maximum absolute atomic E-state index is 11.5. The van der Waals surface area contributed by atoms with E-state index >= 15 is 0 Å². The highest BCUT2D eigenvalue weighted by atomic mass is 16.7. The number of hydrogen-bond donors (Lipinski definition) is 0. The molecule has 5 atom stereocenters. The van der Waals surface area contributed by atoms with E-state index < -0.39 is 48.9 Å². The summed E-state index contributed by atoms with van der Waals surface area (Å²) in [5.41, 5.74) is 0. The van der Waals surface area contributed by atoms with Gasteiger partial charge in [-0.25, -0.2) is 0 Å². The molecular weight excluding hydrogens is 344 g/mol. The fourth-order valence-corrected chi connectivity index (χ4v) is 2.44. The average molecular weight is 367 g/mol. The highest BCUT2D eigenvalue weighted by Gasteiger charge is 2.44. The first-order valence-corrected chi connectivity index (χ1v) is 8.05. The van der Waals surface area contributed by atoms with Crippen LogP contribution in [-0.4, -0.2) is 49.1 Å². The lowest BCUT2D eigenvalue weighted by atomic mass is 10.0. The molecule has 1 aliphatic rings. The van der Waals surface area contributed by atoms with Gasteiger partial charge in [0.25, 0.3) is 0 Å². The van der Waals surface area contributed by atoms with Crippen molar-refractivity contribution in [2.24, 2.45) is 0 Å². The molecule has 0 spiro atoms. The van der Waals surface area contributed by atoms with E-state index in [9.17, 15) is 14.4 Å². The van der Waals surface area contributed by atoms with Crippen molar-refractivity contribution in [3.63, 3.8) is 0 Å². The van der Waals surface area contributed by atoms with Crippen molar-refractivity contribution < 1.29 is 39.4 Å². The van der Waals surface area contributed by atoms with Crippen molar-refractivity contribution in [2.75, 3.05) is 6.61 Å². The minimum Gasteiger partial charge on any atom is -0.465 e. The average Bonchev–Trinajstić information content (AvgIpc) is 2.59. The molecule has 0 radical (unpaired) electrons. The number of benzene rings is 1. The molecule has 0 aliphatic carbocycles. The summed E-state index contributed by atoms with van der Waals surface area (Å²) in [7, 11) is 0.